The minimum atomic E-state index is -0.928. The number of phenols is 1. The van der Waals surface area contributed by atoms with Crippen molar-refractivity contribution in [3.63, 3.8) is 0 Å². The zero-order valence-corrected chi connectivity index (χ0v) is 7.55. The number of hydrogen-bond acceptors (Lipinski definition) is 5. The van der Waals surface area contributed by atoms with Crippen LogP contribution in [0.5, 0.6) is 11.5 Å². The lowest BCUT2D eigenvalue weighted by Gasteiger charge is -2.11. The highest BCUT2D eigenvalue weighted by Crippen LogP contribution is 2.25. The fraction of sp³-hybridized carbons (Fsp3) is 0.333. The van der Waals surface area contributed by atoms with E-state index in [9.17, 15) is 0 Å². The fourth-order valence-corrected chi connectivity index (χ4v) is 0.906. The van der Waals surface area contributed by atoms with Gasteiger partial charge < -0.3 is 25.8 Å². The van der Waals surface area contributed by atoms with Crippen LogP contribution in [0.1, 0.15) is 0 Å². The minimum absolute atomic E-state index is 0.0362. The van der Waals surface area contributed by atoms with Gasteiger partial charge in [-0.3, -0.25) is 0 Å². The molecule has 14 heavy (non-hydrogen) atoms. The minimum Gasteiger partial charge on any atom is -0.508 e. The second-order valence-corrected chi connectivity index (χ2v) is 2.87. The van der Waals surface area contributed by atoms with Gasteiger partial charge in [0.25, 0.3) is 0 Å². The predicted molar refractivity (Wildman–Crippen MR) is 51.1 cm³/mol. The number of nitrogens with two attached hydrogens (primary N) is 1. The van der Waals surface area contributed by atoms with Crippen LogP contribution < -0.4 is 10.5 Å². The SMILES string of the molecule is Nc1cc(O)ccc1OCC(O)CO. The van der Waals surface area contributed by atoms with Gasteiger partial charge in [0.1, 0.15) is 24.2 Å². The molecular weight excluding hydrogens is 186 g/mol. The number of phenolic OH excluding ortho intramolecular Hbond substituents is 1. The van der Waals surface area contributed by atoms with E-state index in [0.29, 0.717) is 5.75 Å². The van der Waals surface area contributed by atoms with Gasteiger partial charge in [-0.05, 0) is 12.1 Å². The molecule has 5 heteroatoms. The summed E-state index contributed by atoms with van der Waals surface area (Å²) in [7, 11) is 0. The number of benzene rings is 1. The number of anilines is 1. The summed E-state index contributed by atoms with van der Waals surface area (Å²) in [6.45, 7) is -0.399. The Morgan fingerprint density at radius 3 is 2.71 bits per heavy atom. The monoisotopic (exact) mass is 199 g/mol. The second kappa shape index (κ2) is 4.69. The first-order chi connectivity index (χ1) is 6.63. The zero-order valence-electron chi connectivity index (χ0n) is 7.55. The zero-order chi connectivity index (χ0) is 10.6. The molecule has 1 atom stereocenters. The Morgan fingerprint density at radius 2 is 2.14 bits per heavy atom. The van der Waals surface area contributed by atoms with Crippen LogP contribution in [0.2, 0.25) is 0 Å². The van der Waals surface area contributed by atoms with Gasteiger partial charge in [0.2, 0.25) is 0 Å². The lowest BCUT2D eigenvalue weighted by molar-refractivity contribution is 0.0538. The third-order valence-electron chi connectivity index (χ3n) is 1.64. The molecule has 1 aromatic carbocycles. The summed E-state index contributed by atoms with van der Waals surface area (Å²) in [6.07, 6.45) is -0.928. The molecule has 1 aromatic rings. The first-order valence-electron chi connectivity index (χ1n) is 4.13. The molecule has 0 aromatic heterocycles. The van der Waals surface area contributed by atoms with Crippen molar-refractivity contribution in [1.29, 1.82) is 0 Å². The average molecular weight is 199 g/mol. The molecule has 1 unspecified atom stereocenters. The van der Waals surface area contributed by atoms with Crippen molar-refractivity contribution in [2.24, 2.45) is 0 Å². The Balaban J connectivity index is 2.59. The molecule has 0 spiro atoms. The molecule has 5 nitrogen and oxygen atoms in total. The summed E-state index contributed by atoms with van der Waals surface area (Å²) in [5.74, 6) is 0.424. The summed E-state index contributed by atoms with van der Waals surface area (Å²) in [4.78, 5) is 0. The van der Waals surface area contributed by atoms with Gasteiger partial charge in [0.15, 0.2) is 0 Å². The number of aliphatic hydroxyl groups excluding tert-OH is 2. The fourth-order valence-electron chi connectivity index (χ4n) is 0.906. The van der Waals surface area contributed by atoms with Crippen LogP contribution >= 0.6 is 0 Å². The quantitative estimate of drug-likeness (QED) is 0.499. The molecule has 78 valence electrons. The van der Waals surface area contributed by atoms with Gasteiger partial charge in [-0.15, -0.1) is 0 Å². The lowest BCUT2D eigenvalue weighted by Crippen LogP contribution is -2.21. The van der Waals surface area contributed by atoms with E-state index in [1.165, 1.54) is 18.2 Å². The second-order valence-electron chi connectivity index (χ2n) is 2.87. The summed E-state index contributed by atoms with van der Waals surface area (Å²) in [6, 6.07) is 4.27. The van der Waals surface area contributed by atoms with Gasteiger partial charge >= 0.3 is 0 Å². The summed E-state index contributed by atoms with van der Waals surface area (Å²) in [5, 5.41) is 26.6. The number of rotatable bonds is 4. The molecule has 0 aliphatic carbocycles. The van der Waals surface area contributed by atoms with E-state index >= 15 is 0 Å². The van der Waals surface area contributed by atoms with Crippen molar-refractivity contribution in [1.82, 2.24) is 0 Å². The molecule has 0 saturated heterocycles. The van der Waals surface area contributed by atoms with Crippen LogP contribution in [0, 0.1) is 0 Å². The largest absolute Gasteiger partial charge is 0.508 e. The standard InChI is InChI=1S/C9H13NO4/c10-8-3-6(12)1-2-9(8)14-5-7(13)4-11/h1-3,7,11-13H,4-5,10H2. The molecule has 1 rings (SSSR count). The Bertz CT molecular complexity index is 303. The molecule has 5 N–H and O–H groups in total. The van der Waals surface area contributed by atoms with Crippen LogP contribution in [0.15, 0.2) is 18.2 Å². The Morgan fingerprint density at radius 1 is 1.43 bits per heavy atom. The molecule has 0 bridgehead atoms. The van der Waals surface area contributed by atoms with E-state index in [4.69, 9.17) is 25.8 Å². The van der Waals surface area contributed by atoms with E-state index < -0.39 is 6.10 Å². The molecule has 0 amide bonds. The van der Waals surface area contributed by atoms with Crippen molar-refractivity contribution in [3.05, 3.63) is 18.2 Å². The number of aromatic hydroxyl groups is 1. The number of ether oxygens (including phenoxy) is 1. The number of aliphatic hydroxyl groups is 2. The Hall–Kier alpha value is -1.46. The van der Waals surface area contributed by atoms with Crippen molar-refractivity contribution < 1.29 is 20.1 Å². The topological polar surface area (TPSA) is 95.9 Å². The molecule has 0 aliphatic rings. The van der Waals surface area contributed by atoms with Crippen LogP contribution in [-0.2, 0) is 0 Å². The molecule has 0 fully saturated rings. The van der Waals surface area contributed by atoms with Crippen molar-refractivity contribution in [2.75, 3.05) is 18.9 Å². The van der Waals surface area contributed by atoms with E-state index in [1.54, 1.807) is 0 Å². The maximum absolute atomic E-state index is 9.04. The highest BCUT2D eigenvalue weighted by Gasteiger charge is 2.05. The Labute approximate surface area is 81.4 Å². The highest BCUT2D eigenvalue weighted by atomic mass is 16.5. The number of nitrogen functional groups attached to an aromatic ring is 1. The van der Waals surface area contributed by atoms with Gasteiger partial charge in [-0.1, -0.05) is 0 Å². The first kappa shape index (κ1) is 10.6. The molecule has 0 saturated carbocycles. The molecule has 0 heterocycles. The predicted octanol–water partition coefficient (Wildman–Crippen LogP) is -0.294. The van der Waals surface area contributed by atoms with E-state index in [0.717, 1.165) is 0 Å². The first-order valence-corrected chi connectivity index (χ1v) is 4.13. The van der Waals surface area contributed by atoms with Crippen LogP contribution in [0.3, 0.4) is 0 Å². The maximum atomic E-state index is 9.04. The maximum Gasteiger partial charge on any atom is 0.142 e. The van der Waals surface area contributed by atoms with Crippen LogP contribution in [-0.4, -0.2) is 34.6 Å². The third kappa shape index (κ3) is 2.79. The summed E-state index contributed by atoms with van der Waals surface area (Å²) < 4.78 is 5.10. The highest BCUT2D eigenvalue weighted by molar-refractivity contribution is 5.55. The van der Waals surface area contributed by atoms with Gasteiger partial charge in [0, 0.05) is 6.07 Å². The normalized spacial score (nSPS) is 12.4. The Kier molecular flexibility index (Phi) is 3.55. The average Bonchev–Trinajstić information content (AvgIpc) is 2.16. The summed E-state index contributed by atoms with van der Waals surface area (Å²) in [5.41, 5.74) is 5.81. The number of hydrogen-bond donors (Lipinski definition) is 4. The van der Waals surface area contributed by atoms with Crippen molar-refractivity contribution in [2.45, 2.75) is 6.10 Å². The molecule has 0 aliphatic heterocycles. The van der Waals surface area contributed by atoms with Crippen LogP contribution in [0.4, 0.5) is 5.69 Å². The van der Waals surface area contributed by atoms with Crippen molar-refractivity contribution in [3.8, 4) is 11.5 Å². The van der Waals surface area contributed by atoms with Gasteiger partial charge in [-0.25, -0.2) is 0 Å². The lowest BCUT2D eigenvalue weighted by atomic mass is 10.3. The van der Waals surface area contributed by atoms with Gasteiger partial charge in [-0.2, -0.15) is 0 Å². The van der Waals surface area contributed by atoms with E-state index in [1.807, 2.05) is 0 Å². The van der Waals surface area contributed by atoms with E-state index in [2.05, 4.69) is 0 Å². The summed E-state index contributed by atoms with van der Waals surface area (Å²) >= 11 is 0. The third-order valence-corrected chi connectivity index (χ3v) is 1.64. The van der Waals surface area contributed by atoms with Crippen LogP contribution in [0.25, 0.3) is 0 Å². The molecular formula is C9H13NO4. The smallest absolute Gasteiger partial charge is 0.142 e. The van der Waals surface area contributed by atoms with E-state index in [-0.39, 0.29) is 24.7 Å². The van der Waals surface area contributed by atoms with Crippen molar-refractivity contribution >= 4 is 5.69 Å². The molecule has 0 radical (unpaired) electrons. The van der Waals surface area contributed by atoms with Gasteiger partial charge in [0.05, 0.1) is 12.3 Å².